The topological polar surface area (TPSA) is 87.2 Å². The van der Waals surface area contributed by atoms with Gasteiger partial charge in [0.2, 0.25) is 10.0 Å². The molecule has 154 valence electrons. The number of benzene rings is 1. The van der Waals surface area contributed by atoms with Crippen LogP contribution in [0.4, 0.5) is 0 Å². The van der Waals surface area contributed by atoms with Crippen LogP contribution in [0, 0.1) is 0 Å². The first-order valence-electron chi connectivity index (χ1n) is 8.92. The lowest BCUT2D eigenvalue weighted by Gasteiger charge is -2.36. The van der Waals surface area contributed by atoms with E-state index in [0.717, 1.165) is 12.2 Å². The van der Waals surface area contributed by atoms with Crippen molar-refractivity contribution in [2.75, 3.05) is 39.0 Å². The van der Waals surface area contributed by atoms with Crippen LogP contribution in [0.5, 0.6) is 5.75 Å². The molecular formula is C18H29ClN2O5S. The number of hydrogen-bond acceptors (Lipinski definition) is 5. The van der Waals surface area contributed by atoms with Crippen molar-refractivity contribution in [2.45, 2.75) is 32.2 Å². The lowest BCUT2D eigenvalue weighted by Crippen LogP contribution is -2.48. The predicted octanol–water partition coefficient (Wildman–Crippen LogP) is 1.86. The number of hydrogen-bond donors (Lipinski definition) is 1. The van der Waals surface area contributed by atoms with Gasteiger partial charge in [-0.05, 0) is 37.0 Å². The van der Waals surface area contributed by atoms with E-state index in [1.54, 1.807) is 0 Å². The Morgan fingerprint density at radius 2 is 2.00 bits per heavy atom. The fourth-order valence-electron chi connectivity index (χ4n) is 3.24. The third-order valence-corrected chi connectivity index (χ3v) is 6.00. The normalized spacial score (nSPS) is 16.1. The van der Waals surface area contributed by atoms with E-state index >= 15 is 0 Å². The Hall–Kier alpha value is -1.35. The molecule has 7 nitrogen and oxygen atoms in total. The Morgan fingerprint density at radius 3 is 2.56 bits per heavy atom. The highest BCUT2D eigenvalue weighted by atomic mass is 35.5. The maximum absolute atomic E-state index is 11.6. The summed E-state index contributed by atoms with van der Waals surface area (Å²) in [5.74, 6) is -0.102. The van der Waals surface area contributed by atoms with Gasteiger partial charge in [0.25, 0.3) is 0 Å². The summed E-state index contributed by atoms with van der Waals surface area (Å²) in [5.41, 5.74) is 1.19. The van der Waals surface area contributed by atoms with Crippen LogP contribution in [0.3, 0.4) is 0 Å². The summed E-state index contributed by atoms with van der Waals surface area (Å²) in [4.78, 5) is 13.1. The molecule has 0 aliphatic carbocycles. The van der Waals surface area contributed by atoms with E-state index in [-0.39, 0.29) is 25.0 Å². The number of rotatable bonds is 9. The lowest BCUT2D eigenvalue weighted by molar-refractivity contribution is -0.139. The zero-order chi connectivity index (χ0) is 19.2. The van der Waals surface area contributed by atoms with E-state index in [2.05, 4.69) is 6.92 Å². The van der Waals surface area contributed by atoms with Crippen LogP contribution in [0.25, 0.3) is 0 Å². The Morgan fingerprint density at radius 1 is 1.33 bits per heavy atom. The number of piperidine rings is 1. The van der Waals surface area contributed by atoms with Crippen molar-refractivity contribution in [3.8, 4) is 5.75 Å². The molecule has 1 saturated heterocycles. The Bertz CT molecular complexity index is 705. The van der Waals surface area contributed by atoms with Gasteiger partial charge in [-0.3, -0.25) is 9.69 Å². The average Bonchev–Trinajstić information content (AvgIpc) is 2.60. The molecular weight excluding hydrogens is 392 g/mol. The SMILES string of the molecule is CCc1cccc(OCCN(CC(=O)O)C2CCN(S(C)(=O)=O)CC2)c1.Cl. The highest BCUT2D eigenvalue weighted by molar-refractivity contribution is 7.88. The molecule has 0 spiro atoms. The van der Waals surface area contributed by atoms with Gasteiger partial charge in [0.05, 0.1) is 12.8 Å². The van der Waals surface area contributed by atoms with E-state index in [1.165, 1.54) is 16.1 Å². The Kier molecular flexibility index (Phi) is 9.52. The van der Waals surface area contributed by atoms with Crippen molar-refractivity contribution < 1.29 is 23.1 Å². The zero-order valence-electron chi connectivity index (χ0n) is 15.8. The molecule has 1 aliphatic heterocycles. The number of halogens is 1. The number of carboxylic acids is 1. The maximum Gasteiger partial charge on any atom is 0.317 e. The summed E-state index contributed by atoms with van der Waals surface area (Å²) in [7, 11) is -3.18. The van der Waals surface area contributed by atoms with Crippen LogP contribution in [0.1, 0.15) is 25.3 Å². The van der Waals surface area contributed by atoms with Crippen molar-refractivity contribution in [1.29, 1.82) is 0 Å². The minimum absolute atomic E-state index is 0. The van der Waals surface area contributed by atoms with Crippen molar-refractivity contribution in [1.82, 2.24) is 9.21 Å². The molecule has 1 N–H and O–H groups in total. The van der Waals surface area contributed by atoms with Gasteiger partial charge in [0.15, 0.2) is 0 Å². The van der Waals surface area contributed by atoms with Crippen LogP contribution in [-0.4, -0.2) is 73.8 Å². The highest BCUT2D eigenvalue weighted by Crippen LogP contribution is 2.19. The molecule has 0 bridgehead atoms. The zero-order valence-corrected chi connectivity index (χ0v) is 17.5. The molecule has 0 atom stereocenters. The quantitative estimate of drug-likeness (QED) is 0.656. The molecule has 0 radical (unpaired) electrons. The predicted molar refractivity (Wildman–Crippen MR) is 107 cm³/mol. The number of sulfonamides is 1. The second kappa shape index (κ2) is 10.8. The van der Waals surface area contributed by atoms with E-state index in [0.29, 0.717) is 39.1 Å². The number of aryl methyl sites for hydroxylation is 1. The molecule has 1 aliphatic rings. The van der Waals surface area contributed by atoms with Crippen molar-refractivity contribution in [3.63, 3.8) is 0 Å². The fraction of sp³-hybridized carbons (Fsp3) is 0.611. The van der Waals surface area contributed by atoms with Crippen LogP contribution < -0.4 is 4.74 Å². The van der Waals surface area contributed by atoms with Gasteiger partial charge in [-0.2, -0.15) is 0 Å². The van der Waals surface area contributed by atoms with Gasteiger partial charge in [-0.25, -0.2) is 12.7 Å². The second-order valence-corrected chi connectivity index (χ2v) is 8.59. The monoisotopic (exact) mass is 420 g/mol. The highest BCUT2D eigenvalue weighted by Gasteiger charge is 2.29. The van der Waals surface area contributed by atoms with Gasteiger partial charge < -0.3 is 9.84 Å². The van der Waals surface area contributed by atoms with Gasteiger partial charge in [0, 0.05) is 25.7 Å². The molecule has 1 aromatic rings. The molecule has 0 aromatic heterocycles. The van der Waals surface area contributed by atoms with E-state index in [4.69, 9.17) is 4.74 Å². The van der Waals surface area contributed by atoms with Crippen molar-refractivity contribution in [3.05, 3.63) is 29.8 Å². The molecule has 0 unspecified atom stereocenters. The van der Waals surface area contributed by atoms with Gasteiger partial charge in [-0.15, -0.1) is 12.4 Å². The molecule has 1 aromatic carbocycles. The summed E-state index contributed by atoms with van der Waals surface area (Å²) in [5, 5.41) is 9.19. The molecule has 27 heavy (non-hydrogen) atoms. The van der Waals surface area contributed by atoms with Crippen molar-refractivity contribution >= 4 is 28.4 Å². The Balaban J connectivity index is 0.00000364. The van der Waals surface area contributed by atoms with E-state index in [9.17, 15) is 18.3 Å². The molecule has 0 saturated carbocycles. The minimum Gasteiger partial charge on any atom is -0.492 e. The summed E-state index contributed by atoms with van der Waals surface area (Å²) in [6.07, 6.45) is 3.40. The summed E-state index contributed by atoms with van der Waals surface area (Å²) in [6.45, 7) is 3.76. The number of carboxylic acid groups (broad SMARTS) is 1. The molecule has 2 rings (SSSR count). The van der Waals surface area contributed by atoms with Gasteiger partial charge in [-0.1, -0.05) is 19.1 Å². The summed E-state index contributed by atoms with van der Waals surface area (Å²) in [6, 6.07) is 7.93. The molecule has 9 heteroatoms. The number of ether oxygens (including phenoxy) is 1. The fourth-order valence-corrected chi connectivity index (χ4v) is 4.11. The summed E-state index contributed by atoms with van der Waals surface area (Å²) < 4.78 is 30.5. The van der Waals surface area contributed by atoms with Gasteiger partial charge >= 0.3 is 5.97 Å². The van der Waals surface area contributed by atoms with Gasteiger partial charge in [0.1, 0.15) is 12.4 Å². The minimum atomic E-state index is -3.18. The molecule has 1 heterocycles. The van der Waals surface area contributed by atoms with E-state index < -0.39 is 16.0 Å². The molecule has 0 amide bonds. The smallest absolute Gasteiger partial charge is 0.317 e. The number of carbonyl (C=O) groups is 1. The molecule has 1 fully saturated rings. The first-order chi connectivity index (χ1) is 12.3. The first kappa shape index (κ1) is 23.7. The third-order valence-electron chi connectivity index (χ3n) is 4.70. The lowest BCUT2D eigenvalue weighted by atomic mass is 10.0. The van der Waals surface area contributed by atoms with Crippen LogP contribution >= 0.6 is 12.4 Å². The largest absolute Gasteiger partial charge is 0.492 e. The van der Waals surface area contributed by atoms with Crippen molar-refractivity contribution in [2.24, 2.45) is 0 Å². The van der Waals surface area contributed by atoms with Crippen LogP contribution in [0.15, 0.2) is 24.3 Å². The first-order valence-corrected chi connectivity index (χ1v) is 10.8. The summed E-state index contributed by atoms with van der Waals surface area (Å²) >= 11 is 0. The standard InChI is InChI=1S/C18H28N2O5S.ClH/c1-3-15-5-4-6-17(13-15)25-12-11-19(14-18(21)22)16-7-9-20(10-8-16)26(2,23)24;/h4-6,13,16H,3,7-12,14H2,1-2H3,(H,21,22);1H. The van der Waals surface area contributed by atoms with Crippen LogP contribution in [-0.2, 0) is 21.2 Å². The average molecular weight is 421 g/mol. The third kappa shape index (κ3) is 7.65. The number of aliphatic carboxylic acids is 1. The number of nitrogens with zero attached hydrogens (tertiary/aromatic N) is 2. The Labute approximate surface area is 167 Å². The second-order valence-electron chi connectivity index (χ2n) is 6.61. The maximum atomic E-state index is 11.6. The van der Waals surface area contributed by atoms with Crippen LogP contribution in [0.2, 0.25) is 0 Å². The van der Waals surface area contributed by atoms with E-state index in [1.807, 2.05) is 29.2 Å².